The summed E-state index contributed by atoms with van der Waals surface area (Å²) in [6, 6.07) is -0.622. The summed E-state index contributed by atoms with van der Waals surface area (Å²) in [4.78, 5) is 24.5. The van der Waals surface area contributed by atoms with Crippen LogP contribution in [0.5, 0.6) is 0 Å². The van der Waals surface area contributed by atoms with Gasteiger partial charge in [0.25, 0.3) is 0 Å². The Morgan fingerprint density at radius 3 is 0.840 bits per heavy atom. The molecule has 3 N–H and O–H groups in total. The topological polar surface area (TPSA) is 95.9 Å². The van der Waals surface area contributed by atoms with Crippen molar-refractivity contribution in [1.82, 2.24) is 5.32 Å². The maximum atomic E-state index is 12.5. The van der Waals surface area contributed by atoms with Crippen LogP contribution in [0.1, 0.15) is 431 Å². The van der Waals surface area contributed by atoms with Crippen molar-refractivity contribution < 1.29 is 24.5 Å². The Morgan fingerprint density at radius 2 is 0.568 bits per heavy atom. The number of nitrogens with one attached hydrogen (secondary N) is 1. The second kappa shape index (κ2) is 71.1. The standard InChI is InChI=1S/C75H147NO5/c1-3-5-7-9-11-13-15-17-45-49-53-57-61-65-69-75(80)81-70-66-62-58-54-50-46-42-40-38-36-34-32-30-28-26-24-22-20-18-19-21-23-25-27-29-31-33-35-37-39-41-44-48-52-56-60-64-68-74(79)76-72(71-77)73(78)67-63-59-55-51-47-43-16-14-12-10-8-6-4-2/h63,67,72-73,77-78H,3-62,64-66,68-71H2,1-2H3,(H,76,79)/b67-63+. The minimum atomic E-state index is -0.839. The van der Waals surface area contributed by atoms with E-state index in [0.717, 1.165) is 38.5 Å². The van der Waals surface area contributed by atoms with Crippen molar-refractivity contribution in [1.29, 1.82) is 0 Å². The van der Waals surface area contributed by atoms with E-state index in [1.165, 1.54) is 366 Å². The van der Waals surface area contributed by atoms with Crippen molar-refractivity contribution in [2.24, 2.45) is 0 Å². The van der Waals surface area contributed by atoms with Gasteiger partial charge < -0.3 is 20.3 Å². The zero-order chi connectivity index (χ0) is 58.5. The molecule has 0 aromatic rings. The Hall–Kier alpha value is -1.40. The van der Waals surface area contributed by atoms with Gasteiger partial charge in [0.1, 0.15) is 0 Å². The number of hydrogen-bond donors (Lipinski definition) is 3. The van der Waals surface area contributed by atoms with Gasteiger partial charge in [-0.1, -0.05) is 398 Å². The van der Waals surface area contributed by atoms with Gasteiger partial charge in [-0.15, -0.1) is 0 Å². The van der Waals surface area contributed by atoms with Crippen LogP contribution in [0.25, 0.3) is 0 Å². The van der Waals surface area contributed by atoms with Crippen LogP contribution in [0.4, 0.5) is 0 Å². The van der Waals surface area contributed by atoms with Gasteiger partial charge in [-0.3, -0.25) is 9.59 Å². The van der Waals surface area contributed by atoms with Crippen molar-refractivity contribution in [3.05, 3.63) is 12.2 Å². The molecule has 0 radical (unpaired) electrons. The molecule has 0 heterocycles. The fourth-order valence-electron chi connectivity index (χ4n) is 12.1. The van der Waals surface area contributed by atoms with Gasteiger partial charge in [0.05, 0.1) is 25.4 Å². The van der Waals surface area contributed by atoms with E-state index < -0.39 is 12.1 Å². The third-order valence-corrected chi connectivity index (χ3v) is 17.8. The normalized spacial score (nSPS) is 12.5. The molecule has 6 nitrogen and oxygen atoms in total. The van der Waals surface area contributed by atoms with Crippen molar-refractivity contribution in [3.63, 3.8) is 0 Å². The van der Waals surface area contributed by atoms with Crippen LogP contribution in [0, 0.1) is 0 Å². The predicted molar refractivity (Wildman–Crippen MR) is 357 cm³/mol. The van der Waals surface area contributed by atoms with Crippen molar-refractivity contribution in [3.8, 4) is 0 Å². The van der Waals surface area contributed by atoms with Crippen LogP contribution in [0.2, 0.25) is 0 Å². The molecule has 0 saturated carbocycles. The summed E-state index contributed by atoms with van der Waals surface area (Å²) >= 11 is 0. The molecule has 1 amide bonds. The molecule has 0 aliphatic rings. The highest BCUT2D eigenvalue weighted by Gasteiger charge is 2.18. The lowest BCUT2D eigenvalue weighted by atomic mass is 10.0. The summed E-state index contributed by atoms with van der Waals surface area (Å²) in [5.41, 5.74) is 0. The molecule has 0 aliphatic carbocycles. The summed E-state index contributed by atoms with van der Waals surface area (Å²) in [6.07, 6.45) is 89.0. The van der Waals surface area contributed by atoms with E-state index in [1.54, 1.807) is 6.08 Å². The van der Waals surface area contributed by atoms with E-state index in [1.807, 2.05) is 6.08 Å². The van der Waals surface area contributed by atoms with Crippen LogP contribution >= 0.6 is 0 Å². The Labute approximate surface area is 508 Å². The summed E-state index contributed by atoms with van der Waals surface area (Å²) < 4.78 is 5.50. The number of carbonyl (C=O) groups is 2. The number of aliphatic hydroxyl groups is 2. The number of ether oxygens (including phenoxy) is 1. The summed E-state index contributed by atoms with van der Waals surface area (Å²) in [7, 11) is 0. The van der Waals surface area contributed by atoms with E-state index in [0.29, 0.717) is 19.4 Å². The number of aliphatic hydroxyl groups excluding tert-OH is 2. The number of carbonyl (C=O) groups excluding carboxylic acids is 2. The Bertz CT molecular complexity index is 1220. The first-order valence-electron chi connectivity index (χ1n) is 37.5. The van der Waals surface area contributed by atoms with Gasteiger partial charge >= 0.3 is 5.97 Å². The molecule has 0 fully saturated rings. The molecule has 0 aromatic heterocycles. The molecule has 482 valence electrons. The molecule has 6 heteroatoms. The van der Waals surface area contributed by atoms with Gasteiger partial charge in [-0.05, 0) is 32.1 Å². The lowest BCUT2D eigenvalue weighted by Crippen LogP contribution is -2.45. The molecule has 0 bridgehead atoms. The highest BCUT2D eigenvalue weighted by atomic mass is 16.5. The average molecular weight is 1140 g/mol. The minimum absolute atomic E-state index is 0.0263. The molecule has 2 unspecified atom stereocenters. The van der Waals surface area contributed by atoms with E-state index >= 15 is 0 Å². The predicted octanol–water partition coefficient (Wildman–Crippen LogP) is 24.3. The van der Waals surface area contributed by atoms with E-state index in [4.69, 9.17) is 4.74 Å². The maximum Gasteiger partial charge on any atom is 0.305 e. The van der Waals surface area contributed by atoms with Crippen molar-refractivity contribution in [2.75, 3.05) is 13.2 Å². The second-order valence-electron chi connectivity index (χ2n) is 26.0. The Morgan fingerprint density at radius 1 is 0.333 bits per heavy atom. The molecule has 0 aromatic carbocycles. The molecular weight excluding hydrogens is 995 g/mol. The number of esters is 1. The lowest BCUT2D eigenvalue weighted by molar-refractivity contribution is -0.143. The van der Waals surface area contributed by atoms with Gasteiger partial charge in [0.2, 0.25) is 5.91 Å². The first-order chi connectivity index (χ1) is 40.0. The van der Waals surface area contributed by atoms with E-state index in [-0.39, 0.29) is 18.5 Å². The Kier molecular flexibility index (Phi) is 69.9. The fraction of sp³-hybridized carbons (Fsp3) is 0.947. The molecule has 0 saturated heterocycles. The quantitative estimate of drug-likeness (QED) is 0.0320. The lowest BCUT2D eigenvalue weighted by Gasteiger charge is -2.20. The molecule has 2 atom stereocenters. The minimum Gasteiger partial charge on any atom is -0.466 e. The summed E-state index contributed by atoms with van der Waals surface area (Å²) in [6.45, 7) is 4.94. The zero-order valence-corrected chi connectivity index (χ0v) is 55.3. The van der Waals surface area contributed by atoms with Crippen LogP contribution in [0.3, 0.4) is 0 Å². The monoisotopic (exact) mass is 1140 g/mol. The van der Waals surface area contributed by atoms with Gasteiger partial charge in [-0.25, -0.2) is 0 Å². The van der Waals surface area contributed by atoms with Crippen LogP contribution < -0.4 is 5.32 Å². The second-order valence-corrected chi connectivity index (χ2v) is 26.0. The maximum absolute atomic E-state index is 12.5. The third-order valence-electron chi connectivity index (χ3n) is 17.8. The number of amides is 1. The average Bonchev–Trinajstić information content (AvgIpc) is 3.47. The van der Waals surface area contributed by atoms with Crippen molar-refractivity contribution >= 4 is 11.9 Å². The molecule has 0 aliphatic heterocycles. The smallest absolute Gasteiger partial charge is 0.305 e. The fourth-order valence-corrected chi connectivity index (χ4v) is 12.1. The molecular formula is C75H147NO5. The van der Waals surface area contributed by atoms with Gasteiger partial charge in [0.15, 0.2) is 0 Å². The highest BCUT2D eigenvalue weighted by Crippen LogP contribution is 2.20. The molecule has 81 heavy (non-hydrogen) atoms. The largest absolute Gasteiger partial charge is 0.466 e. The Balaban J connectivity index is 3.28. The number of rotatable bonds is 71. The number of hydrogen-bond acceptors (Lipinski definition) is 5. The zero-order valence-electron chi connectivity index (χ0n) is 55.3. The summed E-state index contributed by atoms with van der Waals surface area (Å²) in [5.74, 6) is -0.0336. The number of unbranched alkanes of at least 4 members (excludes halogenated alkanes) is 60. The summed E-state index contributed by atoms with van der Waals surface area (Å²) in [5, 5.41) is 23.1. The SMILES string of the molecule is CCCCCCCCCCCCC/C=C/C(O)C(CO)NC(=O)CCCCCCCCCCCCCCCCCCCCCCCCCCCCCCCCCCCCCCCOC(=O)CCCCCCCCCCCCCCCC. The molecule has 0 spiro atoms. The van der Waals surface area contributed by atoms with E-state index in [9.17, 15) is 19.8 Å². The first kappa shape index (κ1) is 79.6. The van der Waals surface area contributed by atoms with Gasteiger partial charge in [-0.2, -0.15) is 0 Å². The first-order valence-corrected chi connectivity index (χ1v) is 37.5. The van der Waals surface area contributed by atoms with Gasteiger partial charge in [0, 0.05) is 12.8 Å². The highest BCUT2D eigenvalue weighted by molar-refractivity contribution is 5.76. The number of allylic oxidation sites excluding steroid dienone is 1. The third kappa shape index (κ3) is 67.6. The van der Waals surface area contributed by atoms with E-state index in [2.05, 4.69) is 19.2 Å². The van der Waals surface area contributed by atoms with Crippen molar-refractivity contribution in [2.45, 2.75) is 443 Å². The van der Waals surface area contributed by atoms with Crippen LogP contribution in [-0.4, -0.2) is 47.4 Å². The molecule has 0 rings (SSSR count). The van der Waals surface area contributed by atoms with Crippen LogP contribution in [0.15, 0.2) is 12.2 Å². The van der Waals surface area contributed by atoms with Crippen LogP contribution in [-0.2, 0) is 14.3 Å².